The molecule has 12 aromatic rings. The zero-order valence-electron chi connectivity index (χ0n) is 34.4. The number of hydrogen-bond donors (Lipinski definition) is 0. The van der Waals surface area contributed by atoms with Crippen LogP contribution in [0.5, 0.6) is 0 Å². The molecule has 0 aliphatic carbocycles. The molecule has 0 unspecified atom stereocenters. The number of nitrogens with zero attached hydrogens (tertiary/aromatic N) is 2. The predicted octanol–water partition coefficient (Wildman–Crippen LogP) is 16.8. The fraction of sp³-hybridized carbons (Fsp3) is 0. The summed E-state index contributed by atoms with van der Waals surface area (Å²) >= 11 is 0. The van der Waals surface area contributed by atoms with E-state index in [1.807, 2.05) is 0 Å². The third kappa shape index (κ3) is 6.29. The summed E-state index contributed by atoms with van der Waals surface area (Å²) in [6.45, 7) is 0. The van der Waals surface area contributed by atoms with Crippen molar-refractivity contribution < 1.29 is 4.42 Å². The van der Waals surface area contributed by atoms with Crippen molar-refractivity contribution >= 4 is 60.8 Å². The summed E-state index contributed by atoms with van der Waals surface area (Å²) in [4.78, 5) is 2.35. The highest BCUT2D eigenvalue weighted by Crippen LogP contribution is 2.48. The van der Waals surface area contributed by atoms with Crippen LogP contribution in [-0.2, 0) is 0 Å². The van der Waals surface area contributed by atoms with Crippen molar-refractivity contribution in [3.8, 4) is 50.2 Å². The molecule has 0 N–H and O–H groups in total. The Morgan fingerprint density at radius 1 is 0.317 bits per heavy atom. The molecule has 0 spiro atoms. The average molecular weight is 805 g/mol. The van der Waals surface area contributed by atoms with Gasteiger partial charge in [0.05, 0.1) is 11.0 Å². The summed E-state index contributed by atoms with van der Waals surface area (Å²) in [5, 5.41) is 4.67. The van der Waals surface area contributed by atoms with Crippen LogP contribution in [0.3, 0.4) is 0 Å². The van der Waals surface area contributed by atoms with Crippen LogP contribution in [0.4, 0.5) is 17.1 Å². The van der Waals surface area contributed by atoms with Gasteiger partial charge in [-0.15, -0.1) is 0 Å². The molecule has 3 heteroatoms. The molecule has 10 aromatic carbocycles. The molecule has 0 atom stereocenters. The SMILES string of the molecule is c1ccc(-c2ccc(N(c3ccc(-c4ccccc4)cc3)c3ccc(-n4c5cccc(-c6ccccc6)c5c5c(-c6ccccc6)c6c(cc54)oc4ccccc46)cc3)cc2)cc1. The molecule has 0 bridgehead atoms. The normalized spacial score (nSPS) is 11.5. The molecule has 296 valence electrons. The summed E-state index contributed by atoms with van der Waals surface area (Å²) in [7, 11) is 0. The van der Waals surface area contributed by atoms with Crippen molar-refractivity contribution in [1.29, 1.82) is 0 Å². The van der Waals surface area contributed by atoms with Gasteiger partial charge in [0.1, 0.15) is 11.2 Å². The minimum Gasteiger partial charge on any atom is -0.456 e. The monoisotopic (exact) mass is 804 g/mol. The standard InChI is InChI=1S/C60H40N2O/c1-5-16-41(17-6-1)43-28-32-47(33-29-43)61(48-34-30-44(31-35-48)42-18-7-2-8-19-42)49-36-38-50(39-37-49)62-53-26-15-25-51(45-20-9-3-10-21-45)58(53)60-54(62)40-56-59(52-24-13-14-27-55(52)63-56)57(60)46-22-11-4-12-23-46/h1-40H. The van der Waals surface area contributed by atoms with Gasteiger partial charge in [-0.05, 0) is 99.6 Å². The van der Waals surface area contributed by atoms with Gasteiger partial charge in [0.25, 0.3) is 0 Å². The number of hydrogen-bond acceptors (Lipinski definition) is 2. The lowest BCUT2D eigenvalue weighted by molar-refractivity contribution is 0.669. The first-order valence-electron chi connectivity index (χ1n) is 21.5. The number of furan rings is 1. The molecule has 0 fully saturated rings. The van der Waals surface area contributed by atoms with E-state index in [1.165, 1.54) is 49.7 Å². The largest absolute Gasteiger partial charge is 0.456 e. The van der Waals surface area contributed by atoms with Crippen LogP contribution in [0.2, 0.25) is 0 Å². The quantitative estimate of drug-likeness (QED) is 0.153. The fourth-order valence-corrected chi connectivity index (χ4v) is 9.52. The van der Waals surface area contributed by atoms with E-state index in [2.05, 4.69) is 252 Å². The van der Waals surface area contributed by atoms with Crippen molar-refractivity contribution in [2.24, 2.45) is 0 Å². The minimum absolute atomic E-state index is 0.869. The lowest BCUT2D eigenvalue weighted by Crippen LogP contribution is -2.10. The van der Waals surface area contributed by atoms with Crippen molar-refractivity contribution in [3.63, 3.8) is 0 Å². The summed E-state index contributed by atoms with van der Waals surface area (Å²) in [6.07, 6.45) is 0. The lowest BCUT2D eigenvalue weighted by atomic mass is 9.92. The Labute approximate surface area is 366 Å². The fourth-order valence-electron chi connectivity index (χ4n) is 9.52. The number of aromatic nitrogens is 1. The number of anilines is 3. The highest BCUT2D eigenvalue weighted by Gasteiger charge is 2.25. The van der Waals surface area contributed by atoms with E-state index in [4.69, 9.17) is 4.42 Å². The van der Waals surface area contributed by atoms with Gasteiger partial charge in [-0.25, -0.2) is 0 Å². The van der Waals surface area contributed by atoms with E-state index in [0.717, 1.165) is 61.3 Å². The molecular weight excluding hydrogens is 765 g/mol. The van der Waals surface area contributed by atoms with E-state index >= 15 is 0 Å². The maximum absolute atomic E-state index is 6.73. The zero-order valence-corrected chi connectivity index (χ0v) is 34.4. The van der Waals surface area contributed by atoms with Crippen LogP contribution in [0.15, 0.2) is 247 Å². The van der Waals surface area contributed by atoms with Crippen molar-refractivity contribution in [2.75, 3.05) is 4.90 Å². The van der Waals surface area contributed by atoms with E-state index in [9.17, 15) is 0 Å². The van der Waals surface area contributed by atoms with Gasteiger partial charge in [-0.2, -0.15) is 0 Å². The second-order valence-corrected chi connectivity index (χ2v) is 16.1. The van der Waals surface area contributed by atoms with Gasteiger partial charge in [0.15, 0.2) is 0 Å². The molecule has 0 saturated heterocycles. The molecule has 2 aromatic heterocycles. The van der Waals surface area contributed by atoms with Gasteiger partial charge in [0, 0.05) is 55.9 Å². The van der Waals surface area contributed by atoms with Crippen LogP contribution in [0.1, 0.15) is 0 Å². The third-order valence-corrected chi connectivity index (χ3v) is 12.4. The first-order chi connectivity index (χ1) is 31.3. The maximum Gasteiger partial charge on any atom is 0.138 e. The minimum atomic E-state index is 0.869. The smallest absolute Gasteiger partial charge is 0.138 e. The van der Waals surface area contributed by atoms with E-state index in [1.54, 1.807) is 0 Å². The molecule has 0 saturated carbocycles. The Kier molecular flexibility index (Phi) is 8.83. The third-order valence-electron chi connectivity index (χ3n) is 12.4. The molecule has 0 aliphatic rings. The Morgan fingerprint density at radius 2 is 0.794 bits per heavy atom. The maximum atomic E-state index is 6.73. The average Bonchev–Trinajstić information content (AvgIpc) is 3.90. The second-order valence-electron chi connectivity index (χ2n) is 16.1. The molecule has 0 amide bonds. The van der Waals surface area contributed by atoms with Crippen LogP contribution in [0, 0.1) is 0 Å². The highest BCUT2D eigenvalue weighted by molar-refractivity contribution is 6.29. The van der Waals surface area contributed by atoms with Crippen molar-refractivity contribution in [3.05, 3.63) is 243 Å². The Hall–Kier alpha value is -8.40. The van der Waals surface area contributed by atoms with Crippen LogP contribution >= 0.6 is 0 Å². The first-order valence-corrected chi connectivity index (χ1v) is 21.5. The highest BCUT2D eigenvalue weighted by atomic mass is 16.3. The molecule has 63 heavy (non-hydrogen) atoms. The van der Waals surface area contributed by atoms with Crippen molar-refractivity contribution in [1.82, 2.24) is 4.57 Å². The van der Waals surface area contributed by atoms with Crippen molar-refractivity contribution in [2.45, 2.75) is 0 Å². The molecule has 12 rings (SSSR count). The second kappa shape index (κ2) is 15.3. The van der Waals surface area contributed by atoms with Gasteiger partial charge < -0.3 is 13.9 Å². The van der Waals surface area contributed by atoms with E-state index in [-0.39, 0.29) is 0 Å². The summed E-state index contributed by atoms with van der Waals surface area (Å²) in [6, 6.07) is 86.9. The van der Waals surface area contributed by atoms with Gasteiger partial charge in [-0.3, -0.25) is 0 Å². The number of benzene rings is 10. The summed E-state index contributed by atoms with van der Waals surface area (Å²) in [5.74, 6) is 0. The molecule has 0 radical (unpaired) electrons. The first kappa shape index (κ1) is 36.5. The molecule has 0 aliphatic heterocycles. The predicted molar refractivity (Wildman–Crippen MR) is 264 cm³/mol. The van der Waals surface area contributed by atoms with Crippen LogP contribution in [-0.4, -0.2) is 4.57 Å². The van der Waals surface area contributed by atoms with Gasteiger partial charge in [-0.1, -0.05) is 176 Å². The Bertz CT molecular complexity index is 3470. The van der Waals surface area contributed by atoms with E-state index < -0.39 is 0 Å². The Balaban J connectivity index is 1.07. The zero-order chi connectivity index (χ0) is 41.7. The lowest BCUT2D eigenvalue weighted by Gasteiger charge is -2.26. The van der Waals surface area contributed by atoms with Crippen LogP contribution in [0.25, 0.3) is 93.9 Å². The number of para-hydroxylation sites is 1. The number of fused-ring (bicyclic) bond motifs is 6. The van der Waals surface area contributed by atoms with Crippen LogP contribution < -0.4 is 4.90 Å². The summed E-state index contributed by atoms with van der Waals surface area (Å²) in [5.41, 5.74) is 17.8. The summed E-state index contributed by atoms with van der Waals surface area (Å²) < 4.78 is 9.15. The molecular formula is C60H40N2O. The number of rotatable bonds is 8. The van der Waals surface area contributed by atoms with Gasteiger partial charge in [0.2, 0.25) is 0 Å². The molecule has 3 nitrogen and oxygen atoms in total. The van der Waals surface area contributed by atoms with E-state index in [0.29, 0.717) is 0 Å². The topological polar surface area (TPSA) is 21.3 Å². The molecule has 2 heterocycles. The Morgan fingerprint density at radius 3 is 1.37 bits per heavy atom. The van der Waals surface area contributed by atoms with Gasteiger partial charge >= 0.3 is 0 Å².